The Balaban J connectivity index is 1.62. The third kappa shape index (κ3) is 7.23. The van der Waals surface area contributed by atoms with Gasteiger partial charge >= 0.3 is 6.03 Å². The molecule has 3 rings (SSSR count). The summed E-state index contributed by atoms with van der Waals surface area (Å²) in [6.45, 7) is 4.84. The molecule has 0 unspecified atom stereocenters. The van der Waals surface area contributed by atoms with Crippen molar-refractivity contribution in [3.05, 3.63) is 52.0 Å². The van der Waals surface area contributed by atoms with E-state index >= 15 is 0 Å². The third-order valence-electron chi connectivity index (χ3n) is 5.22. The molecule has 0 spiro atoms. The van der Waals surface area contributed by atoms with Gasteiger partial charge in [-0.3, -0.25) is 9.69 Å². The van der Waals surface area contributed by atoms with Crippen molar-refractivity contribution >= 4 is 52.2 Å². The van der Waals surface area contributed by atoms with E-state index < -0.39 is 6.03 Å². The minimum absolute atomic E-state index is 0.195. The molecule has 3 amide bonds. The summed E-state index contributed by atoms with van der Waals surface area (Å²) in [5.74, 6) is -0.195. The summed E-state index contributed by atoms with van der Waals surface area (Å²) in [7, 11) is 3.73. The first-order chi connectivity index (χ1) is 15.8. The maximum absolute atomic E-state index is 12.9. The highest BCUT2D eigenvalue weighted by molar-refractivity contribution is 6.39. The Morgan fingerprint density at radius 1 is 1.06 bits per heavy atom. The van der Waals surface area contributed by atoms with Crippen LogP contribution in [0.25, 0.3) is 0 Å². The number of halogens is 2. The van der Waals surface area contributed by atoms with E-state index in [2.05, 4.69) is 20.9 Å². The normalized spacial score (nSPS) is 13.9. The van der Waals surface area contributed by atoms with Crippen LogP contribution in [-0.2, 0) is 4.74 Å². The molecular formula is C23H29Cl2N5O3. The number of morpholine rings is 1. The van der Waals surface area contributed by atoms with Crippen LogP contribution in [-0.4, -0.2) is 70.3 Å². The Bertz CT molecular complexity index is 960. The van der Waals surface area contributed by atoms with Crippen LogP contribution >= 0.6 is 23.2 Å². The fraction of sp³-hybridized carbons (Fsp3) is 0.391. The lowest BCUT2D eigenvalue weighted by Crippen LogP contribution is -2.38. The summed E-state index contributed by atoms with van der Waals surface area (Å²) >= 11 is 12.2. The second-order valence-corrected chi connectivity index (χ2v) is 8.68. The van der Waals surface area contributed by atoms with Gasteiger partial charge in [0.15, 0.2) is 0 Å². The fourth-order valence-corrected chi connectivity index (χ4v) is 4.00. The van der Waals surface area contributed by atoms with Crippen molar-refractivity contribution in [1.29, 1.82) is 0 Å². The molecule has 8 nitrogen and oxygen atoms in total. The van der Waals surface area contributed by atoms with Crippen molar-refractivity contribution in [1.82, 2.24) is 10.2 Å². The molecule has 1 heterocycles. The quantitative estimate of drug-likeness (QED) is 0.480. The third-order valence-corrected chi connectivity index (χ3v) is 5.85. The number of carbonyl (C=O) groups is 2. The molecule has 10 heteroatoms. The number of amides is 3. The Labute approximate surface area is 204 Å². The van der Waals surface area contributed by atoms with Crippen LogP contribution in [0.4, 0.5) is 21.9 Å². The SMILES string of the molecule is CN(C)c1ccc(NC(=O)Nc2c(Cl)cccc2Cl)cc1C(=O)NCCCN1CCOCC1. The first kappa shape index (κ1) is 25.1. The van der Waals surface area contributed by atoms with E-state index in [4.69, 9.17) is 27.9 Å². The zero-order chi connectivity index (χ0) is 23.8. The van der Waals surface area contributed by atoms with Crippen molar-refractivity contribution in [2.24, 2.45) is 0 Å². The van der Waals surface area contributed by atoms with Gasteiger partial charge in [-0.2, -0.15) is 0 Å². The topological polar surface area (TPSA) is 85.9 Å². The van der Waals surface area contributed by atoms with Crippen LogP contribution in [0.15, 0.2) is 36.4 Å². The number of rotatable bonds is 8. The first-order valence-electron chi connectivity index (χ1n) is 10.8. The Morgan fingerprint density at radius 2 is 1.76 bits per heavy atom. The van der Waals surface area contributed by atoms with Crippen molar-refractivity contribution in [2.45, 2.75) is 6.42 Å². The van der Waals surface area contributed by atoms with Crippen molar-refractivity contribution in [3.8, 4) is 0 Å². The smallest absolute Gasteiger partial charge is 0.323 e. The molecule has 1 aliphatic rings. The standard InChI is InChI=1S/C23H29Cl2N5O3/c1-29(2)20-8-7-16(27-23(32)28-21-18(24)5-3-6-19(21)25)15-17(20)22(31)26-9-4-10-30-11-13-33-14-12-30/h3,5-8,15H,4,9-14H2,1-2H3,(H,26,31)(H2,27,28,32). The largest absolute Gasteiger partial charge is 0.379 e. The van der Waals surface area contributed by atoms with E-state index in [1.807, 2.05) is 19.0 Å². The van der Waals surface area contributed by atoms with Gasteiger partial charge in [-0.15, -0.1) is 0 Å². The molecule has 0 atom stereocenters. The Kier molecular flexibility index (Phi) is 9.20. The highest BCUT2D eigenvalue weighted by Crippen LogP contribution is 2.30. The van der Waals surface area contributed by atoms with Gasteiger partial charge in [0, 0.05) is 45.1 Å². The van der Waals surface area contributed by atoms with E-state index in [0.717, 1.165) is 45.0 Å². The molecular weight excluding hydrogens is 465 g/mol. The van der Waals surface area contributed by atoms with Gasteiger partial charge in [-0.05, 0) is 43.3 Å². The minimum atomic E-state index is -0.514. The van der Waals surface area contributed by atoms with E-state index in [0.29, 0.717) is 33.5 Å². The van der Waals surface area contributed by atoms with Crippen LogP contribution in [0.5, 0.6) is 0 Å². The van der Waals surface area contributed by atoms with Gasteiger partial charge in [0.1, 0.15) is 0 Å². The number of carbonyl (C=O) groups excluding carboxylic acids is 2. The molecule has 1 aliphatic heterocycles. The van der Waals surface area contributed by atoms with E-state index in [1.54, 1.807) is 36.4 Å². The molecule has 0 aliphatic carbocycles. The van der Waals surface area contributed by atoms with Gasteiger partial charge in [0.05, 0.1) is 34.5 Å². The van der Waals surface area contributed by atoms with Gasteiger partial charge in [-0.25, -0.2) is 4.79 Å². The summed E-state index contributed by atoms with van der Waals surface area (Å²) in [6.07, 6.45) is 0.849. The fourth-order valence-electron chi connectivity index (χ4n) is 3.50. The van der Waals surface area contributed by atoms with Gasteiger partial charge in [0.2, 0.25) is 0 Å². The highest BCUT2D eigenvalue weighted by Gasteiger charge is 2.16. The number of para-hydroxylation sites is 1. The average Bonchev–Trinajstić information content (AvgIpc) is 2.79. The molecule has 0 bridgehead atoms. The summed E-state index contributed by atoms with van der Waals surface area (Å²) < 4.78 is 5.36. The molecule has 0 aromatic heterocycles. The Morgan fingerprint density at radius 3 is 2.42 bits per heavy atom. The highest BCUT2D eigenvalue weighted by atomic mass is 35.5. The van der Waals surface area contributed by atoms with Gasteiger partial charge < -0.3 is 25.6 Å². The zero-order valence-corrected chi connectivity index (χ0v) is 20.3. The number of hydrogen-bond donors (Lipinski definition) is 3. The van der Waals surface area contributed by atoms with E-state index in [9.17, 15) is 9.59 Å². The maximum Gasteiger partial charge on any atom is 0.323 e. The predicted molar refractivity (Wildman–Crippen MR) is 134 cm³/mol. The van der Waals surface area contributed by atoms with E-state index in [1.165, 1.54) is 0 Å². The Hall–Kier alpha value is -2.52. The number of nitrogens with zero attached hydrogens (tertiary/aromatic N) is 2. The summed E-state index contributed by atoms with van der Waals surface area (Å²) in [4.78, 5) is 29.6. The molecule has 2 aromatic rings. The average molecular weight is 494 g/mol. The zero-order valence-electron chi connectivity index (χ0n) is 18.8. The summed E-state index contributed by atoms with van der Waals surface area (Å²) in [5, 5.41) is 9.02. The van der Waals surface area contributed by atoms with E-state index in [-0.39, 0.29) is 5.91 Å². The van der Waals surface area contributed by atoms with Gasteiger partial charge in [0.25, 0.3) is 5.91 Å². The lowest BCUT2D eigenvalue weighted by Gasteiger charge is -2.26. The lowest BCUT2D eigenvalue weighted by atomic mass is 10.1. The number of anilines is 3. The monoisotopic (exact) mass is 493 g/mol. The second-order valence-electron chi connectivity index (χ2n) is 7.87. The number of urea groups is 1. The second kappa shape index (κ2) is 12.1. The maximum atomic E-state index is 12.9. The first-order valence-corrected chi connectivity index (χ1v) is 11.5. The summed E-state index contributed by atoms with van der Waals surface area (Å²) in [6, 6.07) is 9.63. The molecule has 1 fully saturated rings. The van der Waals surface area contributed by atoms with Crippen molar-refractivity contribution < 1.29 is 14.3 Å². The molecule has 1 saturated heterocycles. The van der Waals surface area contributed by atoms with Crippen LogP contribution in [0, 0.1) is 0 Å². The molecule has 2 aromatic carbocycles. The molecule has 3 N–H and O–H groups in total. The van der Waals surface area contributed by atoms with Crippen LogP contribution < -0.4 is 20.9 Å². The van der Waals surface area contributed by atoms with Crippen LogP contribution in [0.2, 0.25) is 10.0 Å². The van der Waals surface area contributed by atoms with Crippen LogP contribution in [0.1, 0.15) is 16.8 Å². The van der Waals surface area contributed by atoms with Gasteiger partial charge in [-0.1, -0.05) is 29.3 Å². The molecule has 33 heavy (non-hydrogen) atoms. The minimum Gasteiger partial charge on any atom is -0.379 e. The lowest BCUT2D eigenvalue weighted by molar-refractivity contribution is 0.0374. The molecule has 178 valence electrons. The van der Waals surface area contributed by atoms with Crippen molar-refractivity contribution in [2.75, 3.05) is 69.0 Å². The molecule has 0 saturated carbocycles. The predicted octanol–water partition coefficient (Wildman–Crippen LogP) is 4.16. The molecule has 0 radical (unpaired) electrons. The van der Waals surface area contributed by atoms with Crippen LogP contribution in [0.3, 0.4) is 0 Å². The number of hydrogen-bond acceptors (Lipinski definition) is 5. The van der Waals surface area contributed by atoms with Crippen molar-refractivity contribution in [3.63, 3.8) is 0 Å². The number of benzene rings is 2. The number of ether oxygens (including phenoxy) is 1. The number of nitrogens with one attached hydrogen (secondary N) is 3. The summed E-state index contributed by atoms with van der Waals surface area (Å²) in [5.41, 5.74) is 2.02.